The Morgan fingerprint density at radius 1 is 1.03 bits per heavy atom. The second-order valence-electron chi connectivity index (χ2n) is 7.42. The van der Waals surface area contributed by atoms with Crippen LogP contribution >= 0.6 is 0 Å². The molecule has 0 spiro atoms. The summed E-state index contributed by atoms with van der Waals surface area (Å²) in [6.45, 7) is 6.54. The minimum Gasteiger partial charge on any atom is -0.463 e. The number of hydrogen-bond acceptors (Lipinski definition) is 6. The van der Waals surface area contributed by atoms with E-state index in [2.05, 4.69) is 23.0 Å². The van der Waals surface area contributed by atoms with Gasteiger partial charge < -0.3 is 9.47 Å². The molecule has 2 rings (SSSR count). The zero-order valence-electron chi connectivity index (χ0n) is 18.1. The summed E-state index contributed by atoms with van der Waals surface area (Å²) >= 11 is 0. The average molecular weight is 410 g/mol. The third kappa shape index (κ3) is 7.14. The minimum atomic E-state index is -0.461. The van der Waals surface area contributed by atoms with E-state index in [1.54, 1.807) is 31.5 Å². The molecule has 1 aromatic heterocycles. The van der Waals surface area contributed by atoms with Gasteiger partial charge in [-0.15, -0.1) is 0 Å². The summed E-state index contributed by atoms with van der Waals surface area (Å²) in [5, 5.41) is 9.23. The van der Waals surface area contributed by atoms with E-state index in [4.69, 9.17) is 9.47 Å². The van der Waals surface area contributed by atoms with Gasteiger partial charge in [0.15, 0.2) is 0 Å². The Kier molecular flexibility index (Phi) is 9.79. The normalized spacial score (nSPS) is 12.6. The fourth-order valence-electron chi connectivity index (χ4n) is 3.06. The van der Waals surface area contributed by atoms with E-state index in [0.717, 1.165) is 30.4 Å². The lowest BCUT2D eigenvalue weighted by molar-refractivity contribution is -0.139. The first-order valence-corrected chi connectivity index (χ1v) is 10.8. The molecule has 0 saturated carbocycles. The maximum absolute atomic E-state index is 12.3. The van der Waals surface area contributed by atoms with E-state index >= 15 is 0 Å². The summed E-state index contributed by atoms with van der Waals surface area (Å²) in [5.41, 5.74) is 1.77. The summed E-state index contributed by atoms with van der Waals surface area (Å²) in [6.07, 6.45) is 9.55. The maximum Gasteiger partial charge on any atom is 0.316 e. The highest BCUT2D eigenvalue weighted by Crippen LogP contribution is 2.24. The van der Waals surface area contributed by atoms with Crippen molar-refractivity contribution in [3.05, 3.63) is 36.7 Å². The fourth-order valence-corrected chi connectivity index (χ4v) is 3.06. The van der Waals surface area contributed by atoms with Crippen LogP contribution in [0.4, 0.5) is 0 Å². The molecule has 0 aliphatic carbocycles. The molecule has 0 amide bonds. The SMILES string of the molecule is CCCCCCOc1ncc(-c2ccc(OC(=O)[C@@H](C)[C@H](C#N)CCC)cc2)cn1. The third-order valence-corrected chi connectivity index (χ3v) is 5.00. The zero-order valence-corrected chi connectivity index (χ0v) is 18.1. The van der Waals surface area contributed by atoms with Crippen LogP contribution in [0.25, 0.3) is 11.1 Å². The summed E-state index contributed by atoms with van der Waals surface area (Å²) < 4.78 is 11.0. The second kappa shape index (κ2) is 12.6. The van der Waals surface area contributed by atoms with Gasteiger partial charge >= 0.3 is 12.0 Å². The van der Waals surface area contributed by atoms with Crippen LogP contribution in [-0.2, 0) is 4.79 Å². The maximum atomic E-state index is 12.3. The molecule has 160 valence electrons. The first-order valence-electron chi connectivity index (χ1n) is 10.8. The molecule has 0 aliphatic rings. The summed E-state index contributed by atoms with van der Waals surface area (Å²) in [5.74, 6) is -0.716. The van der Waals surface area contributed by atoms with Crippen LogP contribution in [0.2, 0.25) is 0 Å². The number of benzene rings is 1. The van der Waals surface area contributed by atoms with Crippen molar-refractivity contribution < 1.29 is 14.3 Å². The molecule has 0 N–H and O–H groups in total. The predicted octanol–water partition coefficient (Wildman–Crippen LogP) is 5.58. The number of esters is 1. The van der Waals surface area contributed by atoms with E-state index < -0.39 is 5.92 Å². The Morgan fingerprint density at radius 3 is 2.33 bits per heavy atom. The van der Waals surface area contributed by atoms with Crippen LogP contribution < -0.4 is 9.47 Å². The van der Waals surface area contributed by atoms with Crippen LogP contribution in [0.15, 0.2) is 36.7 Å². The third-order valence-electron chi connectivity index (χ3n) is 5.00. The zero-order chi connectivity index (χ0) is 21.8. The number of carbonyl (C=O) groups excluding carboxylic acids is 1. The molecule has 0 unspecified atom stereocenters. The van der Waals surface area contributed by atoms with Gasteiger partial charge in [-0.25, -0.2) is 9.97 Å². The smallest absolute Gasteiger partial charge is 0.316 e. The predicted molar refractivity (Wildman–Crippen MR) is 116 cm³/mol. The van der Waals surface area contributed by atoms with Crippen LogP contribution in [0.1, 0.15) is 59.3 Å². The van der Waals surface area contributed by atoms with Crippen molar-refractivity contribution in [3.63, 3.8) is 0 Å². The second-order valence-corrected chi connectivity index (χ2v) is 7.42. The molecule has 0 bridgehead atoms. The van der Waals surface area contributed by atoms with Gasteiger partial charge in [-0.1, -0.05) is 58.6 Å². The Morgan fingerprint density at radius 2 is 1.73 bits per heavy atom. The molecule has 1 aromatic carbocycles. The van der Waals surface area contributed by atoms with Gasteiger partial charge in [0, 0.05) is 18.0 Å². The van der Waals surface area contributed by atoms with Crippen molar-refractivity contribution in [2.45, 2.75) is 59.3 Å². The quantitative estimate of drug-likeness (QED) is 0.258. The van der Waals surface area contributed by atoms with Crippen molar-refractivity contribution in [2.75, 3.05) is 6.61 Å². The van der Waals surface area contributed by atoms with Gasteiger partial charge in [0.2, 0.25) is 0 Å². The van der Waals surface area contributed by atoms with Crippen molar-refractivity contribution in [1.82, 2.24) is 9.97 Å². The number of nitrogens with zero attached hydrogens (tertiary/aromatic N) is 3. The van der Waals surface area contributed by atoms with Crippen molar-refractivity contribution in [3.8, 4) is 29.0 Å². The van der Waals surface area contributed by atoms with Gasteiger partial charge in [0.1, 0.15) is 5.75 Å². The molecule has 0 saturated heterocycles. The highest BCUT2D eigenvalue weighted by Gasteiger charge is 2.25. The highest BCUT2D eigenvalue weighted by molar-refractivity contribution is 5.75. The van der Waals surface area contributed by atoms with Crippen LogP contribution in [0, 0.1) is 23.2 Å². The Hall–Kier alpha value is -2.94. The lowest BCUT2D eigenvalue weighted by Crippen LogP contribution is -2.24. The highest BCUT2D eigenvalue weighted by atomic mass is 16.5. The number of nitriles is 1. The molecule has 0 aliphatic heterocycles. The number of aromatic nitrogens is 2. The summed E-state index contributed by atoms with van der Waals surface area (Å²) in [4.78, 5) is 20.8. The molecular formula is C24H31N3O3. The molecule has 30 heavy (non-hydrogen) atoms. The molecule has 2 atom stereocenters. The molecule has 1 heterocycles. The molecule has 6 heteroatoms. The lowest BCUT2D eigenvalue weighted by atomic mass is 9.91. The van der Waals surface area contributed by atoms with Crippen LogP contribution in [0.5, 0.6) is 11.8 Å². The van der Waals surface area contributed by atoms with Crippen LogP contribution in [-0.4, -0.2) is 22.5 Å². The van der Waals surface area contributed by atoms with Crippen LogP contribution in [0.3, 0.4) is 0 Å². The fraction of sp³-hybridized carbons (Fsp3) is 0.500. The monoisotopic (exact) mass is 409 g/mol. The van der Waals surface area contributed by atoms with E-state index in [1.807, 2.05) is 19.1 Å². The number of hydrogen-bond donors (Lipinski definition) is 0. The number of ether oxygens (including phenoxy) is 2. The lowest BCUT2D eigenvalue weighted by Gasteiger charge is -2.15. The number of carbonyl (C=O) groups is 1. The largest absolute Gasteiger partial charge is 0.463 e. The molecule has 0 radical (unpaired) electrons. The number of unbranched alkanes of at least 4 members (excludes halogenated alkanes) is 3. The van der Waals surface area contributed by atoms with Crippen molar-refractivity contribution in [1.29, 1.82) is 5.26 Å². The van der Waals surface area contributed by atoms with Gasteiger partial charge in [0.05, 0.1) is 24.5 Å². The Bertz CT molecular complexity index is 813. The minimum absolute atomic E-state index is 0.327. The summed E-state index contributed by atoms with van der Waals surface area (Å²) in [7, 11) is 0. The van der Waals surface area contributed by atoms with E-state index in [9.17, 15) is 10.1 Å². The molecule has 6 nitrogen and oxygen atoms in total. The van der Waals surface area contributed by atoms with E-state index in [-0.39, 0.29) is 11.9 Å². The molecule has 2 aromatic rings. The van der Waals surface area contributed by atoms with Crippen molar-refractivity contribution in [2.24, 2.45) is 11.8 Å². The molecular weight excluding hydrogens is 378 g/mol. The topological polar surface area (TPSA) is 85.1 Å². The van der Waals surface area contributed by atoms with E-state index in [1.165, 1.54) is 12.8 Å². The van der Waals surface area contributed by atoms with Gasteiger partial charge in [0.25, 0.3) is 0 Å². The summed E-state index contributed by atoms with van der Waals surface area (Å²) in [6, 6.07) is 9.76. The Labute approximate surface area is 179 Å². The average Bonchev–Trinajstić information content (AvgIpc) is 2.78. The van der Waals surface area contributed by atoms with Crippen molar-refractivity contribution >= 4 is 5.97 Å². The molecule has 0 fully saturated rings. The number of rotatable bonds is 12. The first-order chi connectivity index (χ1) is 14.6. The Balaban J connectivity index is 1.90. The van der Waals surface area contributed by atoms with Gasteiger partial charge in [-0.3, -0.25) is 4.79 Å². The van der Waals surface area contributed by atoms with E-state index in [0.29, 0.717) is 24.8 Å². The van der Waals surface area contributed by atoms with Gasteiger partial charge in [-0.2, -0.15) is 5.26 Å². The first kappa shape index (κ1) is 23.3. The standard InChI is InChI=1S/C24H31N3O3/c1-4-6-7-8-14-29-24-26-16-21(17-27-24)19-10-12-22(13-11-19)30-23(28)18(3)20(15-25)9-5-2/h10-13,16-18,20H,4-9,14H2,1-3H3/t18-,20-/m0/s1. The van der Waals surface area contributed by atoms with Gasteiger partial charge in [-0.05, 0) is 30.5 Å².